The van der Waals surface area contributed by atoms with E-state index in [1.807, 2.05) is 11.4 Å². The van der Waals surface area contributed by atoms with E-state index >= 15 is 0 Å². The predicted molar refractivity (Wildman–Crippen MR) is 69.3 cm³/mol. The lowest BCUT2D eigenvalue weighted by Gasteiger charge is -2.08. The van der Waals surface area contributed by atoms with Crippen molar-refractivity contribution in [3.63, 3.8) is 0 Å². The zero-order valence-electron chi connectivity index (χ0n) is 9.13. The van der Waals surface area contributed by atoms with Crippen molar-refractivity contribution in [2.24, 2.45) is 0 Å². The van der Waals surface area contributed by atoms with Crippen LogP contribution in [0.15, 0.2) is 28.1 Å². The van der Waals surface area contributed by atoms with E-state index in [4.69, 9.17) is 4.74 Å². The van der Waals surface area contributed by atoms with Crippen LogP contribution in [0.2, 0.25) is 0 Å². The Balaban J connectivity index is 2.09. The predicted octanol–water partition coefficient (Wildman–Crippen LogP) is 2.59. The van der Waals surface area contributed by atoms with Crippen molar-refractivity contribution in [3.8, 4) is 5.88 Å². The lowest BCUT2D eigenvalue weighted by Crippen LogP contribution is -2.05. The van der Waals surface area contributed by atoms with Gasteiger partial charge in [-0.25, -0.2) is 0 Å². The summed E-state index contributed by atoms with van der Waals surface area (Å²) in [6.45, 7) is 0. The van der Waals surface area contributed by atoms with Crippen LogP contribution in [-0.2, 0) is 6.42 Å². The largest absolute Gasteiger partial charge is 0.480 e. The highest BCUT2D eigenvalue weighted by Crippen LogP contribution is 2.27. The fourth-order valence-corrected chi connectivity index (χ4v) is 2.92. The number of nitrogens with zero attached hydrogens (tertiary/aromatic N) is 2. The third-order valence-corrected chi connectivity index (χ3v) is 4.23. The lowest BCUT2D eigenvalue weighted by molar-refractivity contribution is 0.172. The Labute approximate surface area is 111 Å². The molecule has 90 valence electrons. The highest BCUT2D eigenvalue weighted by molar-refractivity contribution is 9.10. The Morgan fingerprint density at radius 3 is 2.76 bits per heavy atom. The fourth-order valence-electron chi connectivity index (χ4n) is 1.37. The Bertz CT molecular complexity index is 486. The molecule has 0 aliphatic heterocycles. The molecule has 0 aromatic carbocycles. The van der Waals surface area contributed by atoms with Crippen molar-refractivity contribution in [1.29, 1.82) is 0 Å². The van der Waals surface area contributed by atoms with Gasteiger partial charge < -0.3 is 9.84 Å². The SMILES string of the molecule is COc1ccc(C(O)Cc2sccc2Br)nn1. The van der Waals surface area contributed by atoms with Gasteiger partial charge in [0.05, 0.1) is 12.8 Å². The average molecular weight is 315 g/mol. The maximum Gasteiger partial charge on any atom is 0.233 e. The van der Waals surface area contributed by atoms with E-state index in [0.29, 0.717) is 18.0 Å². The summed E-state index contributed by atoms with van der Waals surface area (Å²) in [7, 11) is 1.53. The van der Waals surface area contributed by atoms with Gasteiger partial charge in [0.25, 0.3) is 0 Å². The molecule has 0 aliphatic rings. The van der Waals surface area contributed by atoms with E-state index in [2.05, 4.69) is 26.1 Å². The Morgan fingerprint density at radius 1 is 1.41 bits per heavy atom. The monoisotopic (exact) mass is 314 g/mol. The van der Waals surface area contributed by atoms with Gasteiger partial charge in [0.15, 0.2) is 0 Å². The number of aliphatic hydroxyl groups is 1. The van der Waals surface area contributed by atoms with Crippen molar-refractivity contribution in [2.45, 2.75) is 12.5 Å². The van der Waals surface area contributed by atoms with Crippen LogP contribution in [0.5, 0.6) is 5.88 Å². The molecule has 0 radical (unpaired) electrons. The Kier molecular flexibility index (Phi) is 4.09. The molecule has 2 heterocycles. The van der Waals surface area contributed by atoms with E-state index in [-0.39, 0.29) is 0 Å². The van der Waals surface area contributed by atoms with E-state index in [1.54, 1.807) is 23.5 Å². The van der Waals surface area contributed by atoms with Gasteiger partial charge in [0, 0.05) is 21.8 Å². The molecule has 2 aromatic heterocycles. The molecule has 2 aromatic rings. The summed E-state index contributed by atoms with van der Waals surface area (Å²) < 4.78 is 5.93. The van der Waals surface area contributed by atoms with Crippen molar-refractivity contribution >= 4 is 27.3 Å². The van der Waals surface area contributed by atoms with Crippen LogP contribution in [-0.4, -0.2) is 22.4 Å². The van der Waals surface area contributed by atoms with Crippen LogP contribution in [0, 0.1) is 0 Å². The summed E-state index contributed by atoms with van der Waals surface area (Å²) in [6, 6.07) is 5.37. The van der Waals surface area contributed by atoms with Crippen LogP contribution < -0.4 is 4.74 Å². The first-order valence-electron chi connectivity index (χ1n) is 4.98. The summed E-state index contributed by atoms with van der Waals surface area (Å²) in [5.41, 5.74) is 0.547. The summed E-state index contributed by atoms with van der Waals surface area (Å²) in [5.74, 6) is 0.443. The number of halogens is 1. The van der Waals surface area contributed by atoms with Gasteiger partial charge in [-0.05, 0) is 33.4 Å². The molecule has 0 bridgehead atoms. The number of rotatable bonds is 4. The normalized spacial score (nSPS) is 12.4. The zero-order chi connectivity index (χ0) is 12.3. The van der Waals surface area contributed by atoms with Gasteiger partial charge in [-0.1, -0.05) is 0 Å². The highest BCUT2D eigenvalue weighted by atomic mass is 79.9. The molecule has 6 heteroatoms. The lowest BCUT2D eigenvalue weighted by atomic mass is 10.1. The number of methoxy groups -OCH3 is 1. The quantitative estimate of drug-likeness (QED) is 0.942. The van der Waals surface area contributed by atoms with Crippen LogP contribution in [0.1, 0.15) is 16.7 Å². The third-order valence-electron chi connectivity index (χ3n) is 2.28. The maximum absolute atomic E-state index is 10.0. The number of aliphatic hydroxyl groups excluding tert-OH is 1. The zero-order valence-corrected chi connectivity index (χ0v) is 11.5. The van der Waals surface area contributed by atoms with Crippen molar-refractivity contribution < 1.29 is 9.84 Å². The summed E-state index contributed by atoms with van der Waals surface area (Å²) in [6.07, 6.45) is -0.123. The van der Waals surface area contributed by atoms with Crippen LogP contribution >= 0.6 is 27.3 Å². The number of hydrogen-bond acceptors (Lipinski definition) is 5. The first-order chi connectivity index (χ1) is 8.20. The molecule has 2 rings (SSSR count). The number of thiophene rings is 1. The molecule has 17 heavy (non-hydrogen) atoms. The van der Waals surface area contributed by atoms with Crippen LogP contribution in [0.4, 0.5) is 0 Å². The van der Waals surface area contributed by atoms with Crippen LogP contribution in [0.3, 0.4) is 0 Å². The van der Waals surface area contributed by atoms with Gasteiger partial charge in [0.1, 0.15) is 6.10 Å². The van der Waals surface area contributed by atoms with Crippen molar-refractivity contribution in [3.05, 3.63) is 38.6 Å². The summed E-state index contributed by atoms with van der Waals surface area (Å²) in [5, 5.41) is 19.8. The minimum Gasteiger partial charge on any atom is -0.480 e. The maximum atomic E-state index is 10.0. The van der Waals surface area contributed by atoms with Gasteiger partial charge >= 0.3 is 0 Å². The molecule has 1 atom stereocenters. The third kappa shape index (κ3) is 3.02. The standard InChI is InChI=1S/C11H11BrN2O2S/c1-16-11-3-2-8(13-14-11)9(15)6-10-7(12)4-5-17-10/h2-5,9,15H,6H2,1H3. The van der Waals surface area contributed by atoms with Crippen LogP contribution in [0.25, 0.3) is 0 Å². The molecule has 1 N–H and O–H groups in total. The first-order valence-corrected chi connectivity index (χ1v) is 6.65. The van der Waals surface area contributed by atoms with Gasteiger partial charge in [0.2, 0.25) is 5.88 Å². The van der Waals surface area contributed by atoms with E-state index < -0.39 is 6.10 Å². The Morgan fingerprint density at radius 2 is 2.24 bits per heavy atom. The second kappa shape index (κ2) is 5.57. The fraction of sp³-hybridized carbons (Fsp3) is 0.273. The molecule has 0 saturated heterocycles. The Hall–Kier alpha value is -0.980. The van der Waals surface area contributed by atoms with Crippen molar-refractivity contribution in [2.75, 3.05) is 7.11 Å². The number of hydrogen-bond donors (Lipinski definition) is 1. The molecule has 0 fully saturated rings. The molecule has 0 aliphatic carbocycles. The minimum atomic E-state index is -0.650. The molecule has 0 spiro atoms. The molecular formula is C11H11BrN2O2S. The summed E-state index contributed by atoms with van der Waals surface area (Å²) >= 11 is 5.03. The van der Waals surface area contributed by atoms with E-state index in [0.717, 1.165) is 9.35 Å². The number of aromatic nitrogens is 2. The molecule has 4 nitrogen and oxygen atoms in total. The average Bonchev–Trinajstić information content (AvgIpc) is 2.75. The van der Waals surface area contributed by atoms with Gasteiger partial charge in [-0.2, -0.15) is 0 Å². The molecule has 0 saturated carbocycles. The molecule has 0 amide bonds. The molecule has 1 unspecified atom stereocenters. The van der Waals surface area contributed by atoms with Crippen molar-refractivity contribution in [1.82, 2.24) is 10.2 Å². The first kappa shape index (κ1) is 12.5. The van der Waals surface area contributed by atoms with Gasteiger partial charge in [-0.3, -0.25) is 0 Å². The smallest absolute Gasteiger partial charge is 0.233 e. The minimum absolute atomic E-state index is 0.443. The van der Waals surface area contributed by atoms with Gasteiger partial charge in [-0.15, -0.1) is 21.5 Å². The number of ether oxygens (including phenoxy) is 1. The second-order valence-electron chi connectivity index (χ2n) is 3.41. The second-order valence-corrected chi connectivity index (χ2v) is 5.27. The topological polar surface area (TPSA) is 55.2 Å². The van der Waals surface area contributed by atoms with E-state index in [1.165, 1.54) is 7.11 Å². The molecular weight excluding hydrogens is 304 g/mol. The summed E-state index contributed by atoms with van der Waals surface area (Å²) in [4.78, 5) is 1.09. The van der Waals surface area contributed by atoms with E-state index in [9.17, 15) is 5.11 Å². The highest BCUT2D eigenvalue weighted by Gasteiger charge is 2.13.